The number of aromatic amines is 1. The molecule has 0 saturated heterocycles. The average molecular weight is 291 g/mol. The third-order valence-electron chi connectivity index (χ3n) is 2.40. The van der Waals surface area contributed by atoms with Gasteiger partial charge in [-0.3, -0.25) is 5.10 Å². The van der Waals surface area contributed by atoms with Crippen molar-refractivity contribution < 1.29 is 23.1 Å². The van der Waals surface area contributed by atoms with Crippen molar-refractivity contribution in [3.05, 3.63) is 11.8 Å². The number of aromatic nitrogens is 2. The first-order valence-corrected chi connectivity index (χ1v) is 7.24. The molecule has 0 aromatic carbocycles. The largest absolute Gasteiger partial charge is 0.462 e. The van der Waals surface area contributed by atoms with E-state index in [1.165, 1.54) is 0 Å². The number of carbonyl (C=O) groups excluding carboxylic acids is 1. The Bertz CT molecular complexity index is 525. The average Bonchev–Trinajstić information content (AvgIpc) is 2.85. The van der Waals surface area contributed by atoms with Gasteiger partial charge in [0.05, 0.1) is 19.4 Å². The summed E-state index contributed by atoms with van der Waals surface area (Å²) >= 11 is 0. The molecule has 0 bridgehead atoms. The van der Waals surface area contributed by atoms with Gasteiger partial charge in [-0.1, -0.05) is 6.92 Å². The van der Waals surface area contributed by atoms with Crippen LogP contribution in [0.4, 0.5) is 0 Å². The first kappa shape index (κ1) is 15.6. The van der Waals surface area contributed by atoms with E-state index in [4.69, 9.17) is 9.84 Å². The van der Waals surface area contributed by atoms with Crippen LogP contribution in [0.2, 0.25) is 0 Å². The Morgan fingerprint density at radius 2 is 2.21 bits per heavy atom. The maximum atomic E-state index is 12.3. The molecule has 0 aliphatic rings. The molecule has 108 valence electrons. The third kappa shape index (κ3) is 3.31. The van der Waals surface area contributed by atoms with Crippen LogP contribution >= 0.6 is 0 Å². The number of ether oxygens (including phenoxy) is 1. The van der Waals surface area contributed by atoms with E-state index in [0.29, 0.717) is 0 Å². The van der Waals surface area contributed by atoms with Gasteiger partial charge >= 0.3 is 5.97 Å². The van der Waals surface area contributed by atoms with Crippen LogP contribution in [0.3, 0.4) is 0 Å². The quantitative estimate of drug-likeness (QED) is 0.660. The number of H-pyrrole nitrogens is 1. The van der Waals surface area contributed by atoms with E-state index >= 15 is 0 Å². The van der Waals surface area contributed by atoms with E-state index in [1.807, 2.05) is 0 Å². The molecule has 0 aliphatic carbocycles. The van der Waals surface area contributed by atoms with Gasteiger partial charge in [-0.15, -0.1) is 0 Å². The molecule has 0 atom stereocenters. The lowest BCUT2D eigenvalue weighted by atomic mass is 10.4. The van der Waals surface area contributed by atoms with Gasteiger partial charge in [-0.25, -0.2) is 13.2 Å². The smallest absolute Gasteiger partial charge is 0.342 e. The van der Waals surface area contributed by atoms with Crippen LogP contribution in [0, 0.1) is 0 Å². The molecule has 0 fully saturated rings. The number of esters is 1. The van der Waals surface area contributed by atoms with Crippen LogP contribution in [-0.4, -0.2) is 60.3 Å². The van der Waals surface area contributed by atoms with Gasteiger partial charge in [-0.2, -0.15) is 9.40 Å². The SMILES string of the molecule is CCOC(=O)c1cn[nH]c1S(=O)(=O)N(CC)CCO. The number of hydrogen-bond donors (Lipinski definition) is 2. The van der Waals surface area contributed by atoms with Crippen molar-refractivity contribution in [1.29, 1.82) is 0 Å². The number of hydrogen-bond acceptors (Lipinski definition) is 6. The molecule has 1 aromatic heterocycles. The summed E-state index contributed by atoms with van der Waals surface area (Å²) in [5.41, 5.74) is -0.141. The Morgan fingerprint density at radius 1 is 1.53 bits per heavy atom. The molecule has 0 spiro atoms. The van der Waals surface area contributed by atoms with Crippen LogP contribution in [0.5, 0.6) is 0 Å². The van der Waals surface area contributed by atoms with Gasteiger partial charge in [0, 0.05) is 13.1 Å². The van der Waals surface area contributed by atoms with E-state index in [1.54, 1.807) is 13.8 Å². The number of nitrogens with zero attached hydrogens (tertiary/aromatic N) is 2. The fraction of sp³-hybridized carbons (Fsp3) is 0.600. The predicted molar refractivity (Wildman–Crippen MR) is 66.1 cm³/mol. The van der Waals surface area contributed by atoms with Crippen molar-refractivity contribution in [1.82, 2.24) is 14.5 Å². The van der Waals surface area contributed by atoms with E-state index in [0.717, 1.165) is 10.5 Å². The third-order valence-corrected chi connectivity index (χ3v) is 4.35. The first-order chi connectivity index (χ1) is 8.98. The second kappa shape index (κ2) is 6.64. The summed E-state index contributed by atoms with van der Waals surface area (Å²) < 4.78 is 30.4. The van der Waals surface area contributed by atoms with Crippen LogP contribution in [0.1, 0.15) is 24.2 Å². The lowest BCUT2D eigenvalue weighted by Crippen LogP contribution is -2.34. The Kier molecular flexibility index (Phi) is 5.45. The highest BCUT2D eigenvalue weighted by Crippen LogP contribution is 2.18. The highest BCUT2D eigenvalue weighted by molar-refractivity contribution is 7.89. The van der Waals surface area contributed by atoms with Crippen LogP contribution in [0.15, 0.2) is 11.2 Å². The maximum absolute atomic E-state index is 12.3. The fourth-order valence-electron chi connectivity index (χ4n) is 1.51. The second-order valence-corrected chi connectivity index (χ2v) is 5.43. The topological polar surface area (TPSA) is 113 Å². The zero-order chi connectivity index (χ0) is 14.5. The summed E-state index contributed by atoms with van der Waals surface area (Å²) in [6.45, 7) is 3.20. The lowest BCUT2D eigenvalue weighted by Gasteiger charge is -2.18. The van der Waals surface area contributed by atoms with Crippen molar-refractivity contribution in [2.45, 2.75) is 18.9 Å². The predicted octanol–water partition coefficient (Wildman–Crippen LogP) is -0.411. The molecular weight excluding hydrogens is 274 g/mol. The molecule has 8 nitrogen and oxygen atoms in total. The second-order valence-electron chi connectivity index (χ2n) is 3.55. The summed E-state index contributed by atoms with van der Waals surface area (Å²) in [6.07, 6.45) is 1.11. The standard InChI is InChI=1S/C10H17N3O5S/c1-3-13(5-6-14)19(16,17)9-8(7-11-12-9)10(15)18-4-2/h7,14H,3-6H2,1-2H3,(H,11,12). The summed E-state index contributed by atoms with van der Waals surface area (Å²) in [4.78, 5) is 11.6. The number of sulfonamides is 1. The number of nitrogens with one attached hydrogen (secondary N) is 1. The fourth-order valence-corrected chi connectivity index (χ4v) is 3.02. The molecule has 0 radical (unpaired) electrons. The van der Waals surface area contributed by atoms with Gasteiger partial charge in [0.1, 0.15) is 5.56 Å². The van der Waals surface area contributed by atoms with Gasteiger partial charge in [0.15, 0.2) is 5.03 Å². The van der Waals surface area contributed by atoms with Crippen LogP contribution in [-0.2, 0) is 14.8 Å². The molecule has 1 heterocycles. The van der Waals surface area contributed by atoms with Gasteiger partial charge in [0.2, 0.25) is 0 Å². The molecule has 0 amide bonds. The van der Waals surface area contributed by atoms with Crippen LogP contribution < -0.4 is 0 Å². The minimum absolute atomic E-state index is 0.0554. The van der Waals surface area contributed by atoms with E-state index in [-0.39, 0.29) is 36.9 Å². The Labute approximate surface area is 111 Å². The highest BCUT2D eigenvalue weighted by Gasteiger charge is 2.30. The van der Waals surface area contributed by atoms with Gasteiger partial charge < -0.3 is 9.84 Å². The molecule has 1 aromatic rings. The van der Waals surface area contributed by atoms with E-state index in [2.05, 4.69) is 10.2 Å². The zero-order valence-electron chi connectivity index (χ0n) is 10.8. The Hall–Kier alpha value is -1.45. The maximum Gasteiger partial charge on any atom is 0.342 e. The van der Waals surface area contributed by atoms with Gasteiger partial charge in [-0.05, 0) is 6.92 Å². The molecule has 0 unspecified atom stereocenters. The van der Waals surface area contributed by atoms with Gasteiger partial charge in [0.25, 0.3) is 10.0 Å². The summed E-state index contributed by atoms with van der Waals surface area (Å²) in [7, 11) is -3.91. The summed E-state index contributed by atoms with van der Waals surface area (Å²) in [5.74, 6) is -0.755. The normalized spacial score (nSPS) is 11.8. The molecular formula is C10H17N3O5S. The number of likely N-dealkylation sites (N-methyl/N-ethyl adjacent to an activating group) is 1. The highest BCUT2D eigenvalue weighted by atomic mass is 32.2. The molecule has 1 rings (SSSR count). The molecule has 2 N–H and O–H groups in total. The van der Waals surface area contributed by atoms with E-state index < -0.39 is 16.0 Å². The van der Waals surface area contributed by atoms with Crippen molar-refractivity contribution in [2.75, 3.05) is 26.3 Å². The Balaban J connectivity index is 3.15. The van der Waals surface area contributed by atoms with Crippen molar-refractivity contribution in [3.8, 4) is 0 Å². The molecule has 19 heavy (non-hydrogen) atoms. The first-order valence-electron chi connectivity index (χ1n) is 5.80. The summed E-state index contributed by atoms with van der Waals surface area (Å²) in [5, 5.41) is 14.4. The zero-order valence-corrected chi connectivity index (χ0v) is 11.6. The molecule has 9 heteroatoms. The number of carbonyl (C=O) groups is 1. The lowest BCUT2D eigenvalue weighted by molar-refractivity contribution is 0.0521. The van der Waals surface area contributed by atoms with Crippen LogP contribution in [0.25, 0.3) is 0 Å². The number of aliphatic hydroxyl groups is 1. The monoisotopic (exact) mass is 291 g/mol. The minimum atomic E-state index is -3.91. The van der Waals surface area contributed by atoms with E-state index in [9.17, 15) is 13.2 Å². The number of aliphatic hydroxyl groups excluding tert-OH is 1. The van der Waals surface area contributed by atoms with Crippen molar-refractivity contribution >= 4 is 16.0 Å². The van der Waals surface area contributed by atoms with Crippen molar-refractivity contribution in [3.63, 3.8) is 0 Å². The molecule has 0 saturated carbocycles. The minimum Gasteiger partial charge on any atom is -0.462 e. The Morgan fingerprint density at radius 3 is 2.74 bits per heavy atom. The summed E-state index contributed by atoms with van der Waals surface area (Å²) in [6, 6.07) is 0. The van der Waals surface area contributed by atoms with Crippen molar-refractivity contribution in [2.24, 2.45) is 0 Å². The molecule has 0 aliphatic heterocycles. The number of rotatable bonds is 7.